The lowest BCUT2D eigenvalue weighted by atomic mass is 10.1. The van der Waals surface area contributed by atoms with Gasteiger partial charge in [0, 0.05) is 42.0 Å². The third-order valence-corrected chi connectivity index (χ3v) is 5.15. The third-order valence-electron chi connectivity index (χ3n) is 4.39. The van der Waals surface area contributed by atoms with Crippen LogP contribution in [0.4, 0.5) is 10.8 Å². The fourth-order valence-corrected chi connectivity index (χ4v) is 3.78. The third kappa shape index (κ3) is 4.03. The van der Waals surface area contributed by atoms with E-state index in [9.17, 15) is 9.59 Å². The summed E-state index contributed by atoms with van der Waals surface area (Å²) < 4.78 is 0. The molecule has 0 atom stereocenters. The fourth-order valence-electron chi connectivity index (χ4n) is 3.04. The molecule has 27 heavy (non-hydrogen) atoms. The molecule has 4 rings (SSSR count). The number of anilines is 2. The summed E-state index contributed by atoms with van der Waals surface area (Å²) in [4.78, 5) is 34.4. The second kappa shape index (κ2) is 7.67. The van der Waals surface area contributed by atoms with Gasteiger partial charge in [0.1, 0.15) is 0 Å². The van der Waals surface area contributed by atoms with Crippen molar-refractivity contribution in [2.75, 3.05) is 16.8 Å². The summed E-state index contributed by atoms with van der Waals surface area (Å²) in [5, 5.41) is 5.31. The topological polar surface area (TPSA) is 75.2 Å². The predicted octanol–water partition coefficient (Wildman–Crippen LogP) is 3.51. The van der Waals surface area contributed by atoms with Gasteiger partial charge in [0.15, 0.2) is 5.13 Å². The zero-order valence-corrected chi connectivity index (χ0v) is 15.4. The van der Waals surface area contributed by atoms with Crippen molar-refractivity contribution < 1.29 is 9.59 Å². The zero-order chi connectivity index (χ0) is 18.6. The molecular formula is C20H18N4O2S. The van der Waals surface area contributed by atoms with Crippen LogP contribution in [-0.4, -0.2) is 28.3 Å². The number of pyridine rings is 1. The average Bonchev–Trinajstić information content (AvgIpc) is 3.32. The van der Waals surface area contributed by atoms with Gasteiger partial charge in [-0.15, -0.1) is 11.3 Å². The summed E-state index contributed by atoms with van der Waals surface area (Å²) in [6, 6.07) is 11.4. The van der Waals surface area contributed by atoms with Crippen molar-refractivity contribution in [2.45, 2.75) is 19.3 Å². The van der Waals surface area contributed by atoms with Gasteiger partial charge in [0.2, 0.25) is 11.8 Å². The molecule has 1 aliphatic heterocycles. The van der Waals surface area contributed by atoms with Crippen LogP contribution in [0, 0.1) is 0 Å². The Hall–Kier alpha value is -3.06. The molecule has 0 spiro atoms. The van der Waals surface area contributed by atoms with E-state index >= 15 is 0 Å². The van der Waals surface area contributed by atoms with E-state index in [4.69, 9.17) is 0 Å². The molecule has 1 aliphatic rings. The lowest BCUT2D eigenvalue weighted by molar-refractivity contribution is -0.117. The maximum absolute atomic E-state index is 12.3. The van der Waals surface area contributed by atoms with Crippen LogP contribution in [-0.2, 0) is 16.0 Å². The highest BCUT2D eigenvalue weighted by Gasteiger charge is 2.21. The van der Waals surface area contributed by atoms with Crippen molar-refractivity contribution >= 4 is 34.0 Å². The Morgan fingerprint density at radius 2 is 2.07 bits per heavy atom. The van der Waals surface area contributed by atoms with Crippen molar-refractivity contribution in [3.8, 4) is 11.3 Å². The number of nitrogens with zero attached hydrogens (tertiary/aromatic N) is 3. The van der Waals surface area contributed by atoms with Gasteiger partial charge in [-0.05, 0) is 36.2 Å². The molecule has 1 fully saturated rings. The summed E-state index contributed by atoms with van der Waals surface area (Å²) in [6.45, 7) is 0.766. The molecule has 136 valence electrons. The van der Waals surface area contributed by atoms with Gasteiger partial charge in [-0.25, -0.2) is 4.98 Å². The Labute approximate surface area is 160 Å². The van der Waals surface area contributed by atoms with E-state index in [1.165, 1.54) is 11.3 Å². The number of hydrogen-bond donors (Lipinski definition) is 1. The second-order valence-electron chi connectivity index (χ2n) is 6.32. The Kier molecular flexibility index (Phi) is 4.93. The molecule has 1 saturated heterocycles. The Bertz CT molecular complexity index is 954. The largest absolute Gasteiger partial charge is 0.312 e. The first-order chi connectivity index (χ1) is 13.2. The van der Waals surface area contributed by atoms with Crippen LogP contribution in [0.25, 0.3) is 11.3 Å². The monoisotopic (exact) mass is 378 g/mol. The maximum atomic E-state index is 12.3. The normalized spacial score (nSPS) is 13.8. The molecule has 0 aliphatic carbocycles. The second-order valence-corrected chi connectivity index (χ2v) is 7.18. The molecule has 0 unspecified atom stereocenters. The minimum absolute atomic E-state index is 0.118. The van der Waals surface area contributed by atoms with E-state index in [0.29, 0.717) is 11.6 Å². The number of benzene rings is 1. The molecule has 6 nitrogen and oxygen atoms in total. The number of aromatic nitrogens is 2. The summed E-state index contributed by atoms with van der Waals surface area (Å²) in [5.74, 6) is 0.0424. The Morgan fingerprint density at radius 3 is 2.78 bits per heavy atom. The number of carbonyl (C=O) groups excluding carboxylic acids is 2. The van der Waals surface area contributed by atoms with Crippen molar-refractivity contribution in [3.05, 3.63) is 59.7 Å². The van der Waals surface area contributed by atoms with E-state index < -0.39 is 0 Å². The van der Waals surface area contributed by atoms with Gasteiger partial charge >= 0.3 is 0 Å². The maximum Gasteiger partial charge on any atom is 0.230 e. The van der Waals surface area contributed by atoms with E-state index in [1.807, 2.05) is 41.8 Å². The fraction of sp³-hybridized carbons (Fsp3) is 0.200. The molecule has 0 saturated carbocycles. The molecule has 7 heteroatoms. The number of hydrogen-bond acceptors (Lipinski definition) is 5. The smallest absolute Gasteiger partial charge is 0.230 e. The summed E-state index contributed by atoms with van der Waals surface area (Å²) in [6.07, 6.45) is 5.23. The van der Waals surface area contributed by atoms with E-state index in [1.54, 1.807) is 17.3 Å². The average molecular weight is 378 g/mol. The Morgan fingerprint density at radius 1 is 1.22 bits per heavy atom. The Balaban J connectivity index is 1.37. The van der Waals surface area contributed by atoms with Crippen LogP contribution in [0.2, 0.25) is 0 Å². The van der Waals surface area contributed by atoms with Crippen LogP contribution in [0.3, 0.4) is 0 Å². The van der Waals surface area contributed by atoms with Crippen LogP contribution in [0.15, 0.2) is 54.2 Å². The van der Waals surface area contributed by atoms with Crippen molar-refractivity contribution in [2.24, 2.45) is 0 Å². The molecule has 0 bridgehead atoms. The minimum Gasteiger partial charge on any atom is -0.312 e. The van der Waals surface area contributed by atoms with Crippen LogP contribution in [0.5, 0.6) is 0 Å². The first-order valence-corrected chi connectivity index (χ1v) is 9.62. The van der Waals surface area contributed by atoms with Gasteiger partial charge in [-0.2, -0.15) is 0 Å². The molecule has 3 heterocycles. The van der Waals surface area contributed by atoms with E-state index in [2.05, 4.69) is 15.3 Å². The highest BCUT2D eigenvalue weighted by Crippen LogP contribution is 2.25. The van der Waals surface area contributed by atoms with E-state index in [0.717, 1.165) is 35.5 Å². The summed E-state index contributed by atoms with van der Waals surface area (Å²) >= 11 is 1.39. The standard InChI is InChI=1S/C20H18N4O2S/c25-18(23-20-22-17(13-27-20)15-3-1-9-21-12-15)11-14-5-7-16(8-6-14)24-10-2-4-19(24)26/h1,3,5-9,12-13H,2,4,10-11H2,(H,22,23,25). The lowest BCUT2D eigenvalue weighted by Gasteiger charge is -2.15. The molecule has 1 aromatic carbocycles. The van der Waals surface area contributed by atoms with Crippen LogP contribution < -0.4 is 10.2 Å². The van der Waals surface area contributed by atoms with Gasteiger partial charge in [0.25, 0.3) is 0 Å². The zero-order valence-electron chi connectivity index (χ0n) is 14.6. The van der Waals surface area contributed by atoms with Crippen LogP contribution in [0.1, 0.15) is 18.4 Å². The molecular weight excluding hydrogens is 360 g/mol. The number of carbonyl (C=O) groups is 2. The van der Waals surface area contributed by atoms with Gasteiger partial charge in [0.05, 0.1) is 12.1 Å². The SMILES string of the molecule is O=C(Cc1ccc(N2CCCC2=O)cc1)Nc1nc(-c2cccnc2)cs1. The number of rotatable bonds is 5. The van der Waals surface area contributed by atoms with Gasteiger partial charge < -0.3 is 10.2 Å². The first-order valence-electron chi connectivity index (χ1n) is 8.74. The van der Waals surface area contributed by atoms with Gasteiger partial charge in [-0.3, -0.25) is 14.6 Å². The van der Waals surface area contributed by atoms with Crippen molar-refractivity contribution in [1.29, 1.82) is 0 Å². The molecule has 2 amide bonds. The highest BCUT2D eigenvalue weighted by molar-refractivity contribution is 7.14. The van der Waals surface area contributed by atoms with Gasteiger partial charge in [-0.1, -0.05) is 12.1 Å². The van der Waals surface area contributed by atoms with Crippen LogP contribution >= 0.6 is 11.3 Å². The van der Waals surface area contributed by atoms with Crippen molar-refractivity contribution in [3.63, 3.8) is 0 Å². The molecule has 0 radical (unpaired) electrons. The van der Waals surface area contributed by atoms with E-state index in [-0.39, 0.29) is 18.2 Å². The summed E-state index contributed by atoms with van der Waals surface area (Å²) in [5.41, 5.74) is 3.50. The molecule has 2 aromatic heterocycles. The quantitative estimate of drug-likeness (QED) is 0.737. The highest BCUT2D eigenvalue weighted by atomic mass is 32.1. The summed E-state index contributed by atoms with van der Waals surface area (Å²) in [7, 11) is 0. The number of amides is 2. The number of nitrogens with one attached hydrogen (secondary N) is 1. The predicted molar refractivity (Wildman–Crippen MR) is 106 cm³/mol. The minimum atomic E-state index is -0.118. The molecule has 3 aromatic rings. The first kappa shape index (κ1) is 17.4. The van der Waals surface area contributed by atoms with Crippen molar-refractivity contribution in [1.82, 2.24) is 9.97 Å². The lowest BCUT2D eigenvalue weighted by Crippen LogP contribution is -2.23. The number of thiazole rings is 1. The molecule has 1 N–H and O–H groups in total.